The molecule has 0 atom stereocenters. The quantitative estimate of drug-likeness (QED) is 0.452. The molecule has 2 aromatic rings. The molecule has 1 heterocycles. The van der Waals surface area contributed by atoms with E-state index in [2.05, 4.69) is 20.7 Å². The van der Waals surface area contributed by atoms with Crippen molar-refractivity contribution < 1.29 is 14.2 Å². The topological polar surface area (TPSA) is 109 Å². The Hall–Kier alpha value is -2.97. The number of nitrogens with two attached hydrogens (primary N) is 1. The fourth-order valence-electron chi connectivity index (χ4n) is 1.66. The minimum Gasteiger partial charge on any atom is -0.493 e. The zero-order chi connectivity index (χ0) is 15.2. The number of nitrogens with one attached hydrogen (secondary N) is 1. The normalized spacial score (nSPS) is 10.6. The standard InChI is InChI=1S/C12H16N6O3/c1-19-9-4-8(5-10(20-2)11(9)21-3)6-14-16-12-17-15-7-18(12)13/h4-7H,13H2,1-3H3,(H,16,17). The van der Waals surface area contributed by atoms with Crippen LogP contribution in [-0.2, 0) is 0 Å². The second-order valence-corrected chi connectivity index (χ2v) is 3.89. The van der Waals surface area contributed by atoms with Crippen molar-refractivity contribution in [3.63, 3.8) is 0 Å². The number of nitrogens with zero attached hydrogens (tertiary/aromatic N) is 4. The summed E-state index contributed by atoms with van der Waals surface area (Å²) in [6.07, 6.45) is 2.93. The lowest BCUT2D eigenvalue weighted by molar-refractivity contribution is 0.324. The summed E-state index contributed by atoms with van der Waals surface area (Å²) in [5.74, 6) is 7.47. The molecule has 0 bridgehead atoms. The third-order valence-corrected chi connectivity index (χ3v) is 2.64. The highest BCUT2D eigenvalue weighted by Gasteiger charge is 2.12. The first-order valence-corrected chi connectivity index (χ1v) is 5.93. The summed E-state index contributed by atoms with van der Waals surface area (Å²) in [7, 11) is 4.64. The van der Waals surface area contributed by atoms with Crippen LogP contribution in [0.4, 0.5) is 5.95 Å². The number of hydrazone groups is 1. The van der Waals surface area contributed by atoms with Crippen molar-refractivity contribution in [3.05, 3.63) is 24.0 Å². The summed E-state index contributed by atoms with van der Waals surface area (Å²) < 4.78 is 17.0. The SMILES string of the molecule is COc1cc(C=NNc2nncn2N)cc(OC)c1OC. The highest BCUT2D eigenvalue weighted by atomic mass is 16.5. The Kier molecular flexibility index (Phi) is 4.44. The molecule has 0 aliphatic rings. The van der Waals surface area contributed by atoms with E-state index >= 15 is 0 Å². The third-order valence-electron chi connectivity index (χ3n) is 2.64. The Morgan fingerprint density at radius 3 is 2.33 bits per heavy atom. The van der Waals surface area contributed by atoms with Crippen molar-refractivity contribution in [2.24, 2.45) is 5.10 Å². The number of nitrogen functional groups attached to an aromatic ring is 1. The minimum absolute atomic E-state index is 0.318. The van der Waals surface area contributed by atoms with Crippen LogP contribution in [0.25, 0.3) is 0 Å². The van der Waals surface area contributed by atoms with Crippen molar-refractivity contribution in [2.75, 3.05) is 32.6 Å². The summed E-state index contributed by atoms with van der Waals surface area (Å²) in [6.45, 7) is 0. The van der Waals surface area contributed by atoms with Crippen LogP contribution < -0.4 is 25.5 Å². The molecule has 0 amide bonds. The van der Waals surface area contributed by atoms with Gasteiger partial charge in [-0.2, -0.15) is 5.10 Å². The molecule has 9 heteroatoms. The highest BCUT2D eigenvalue weighted by molar-refractivity contribution is 5.82. The van der Waals surface area contributed by atoms with Crippen LogP contribution in [0.2, 0.25) is 0 Å². The van der Waals surface area contributed by atoms with Crippen LogP contribution in [-0.4, -0.2) is 42.4 Å². The molecule has 9 nitrogen and oxygen atoms in total. The van der Waals surface area contributed by atoms with Gasteiger partial charge in [-0.1, -0.05) is 0 Å². The number of hydrogen-bond donors (Lipinski definition) is 2. The average molecular weight is 292 g/mol. The van der Waals surface area contributed by atoms with E-state index in [9.17, 15) is 0 Å². The van der Waals surface area contributed by atoms with E-state index in [1.165, 1.54) is 11.0 Å². The van der Waals surface area contributed by atoms with Crippen molar-refractivity contribution in [3.8, 4) is 17.2 Å². The molecule has 0 saturated carbocycles. The van der Waals surface area contributed by atoms with Gasteiger partial charge in [0.1, 0.15) is 6.33 Å². The number of methoxy groups -OCH3 is 3. The molecule has 0 saturated heterocycles. The van der Waals surface area contributed by atoms with E-state index in [-0.39, 0.29) is 0 Å². The van der Waals surface area contributed by atoms with Crippen LogP contribution in [0.3, 0.4) is 0 Å². The largest absolute Gasteiger partial charge is 0.493 e. The smallest absolute Gasteiger partial charge is 0.263 e. The van der Waals surface area contributed by atoms with E-state index in [0.29, 0.717) is 23.2 Å². The number of ether oxygens (including phenoxy) is 3. The Morgan fingerprint density at radius 2 is 1.86 bits per heavy atom. The molecular weight excluding hydrogens is 276 g/mol. The van der Waals surface area contributed by atoms with Crippen molar-refractivity contribution in [2.45, 2.75) is 0 Å². The molecule has 1 aromatic heterocycles. The lowest BCUT2D eigenvalue weighted by Crippen LogP contribution is -2.10. The van der Waals surface area contributed by atoms with Crippen LogP contribution in [0.15, 0.2) is 23.6 Å². The summed E-state index contributed by atoms with van der Waals surface area (Å²) in [5, 5.41) is 11.4. The first kappa shape index (κ1) is 14.4. The van der Waals surface area contributed by atoms with E-state index in [1.807, 2.05) is 0 Å². The Morgan fingerprint density at radius 1 is 1.19 bits per heavy atom. The summed E-state index contributed by atoms with van der Waals surface area (Å²) in [4.78, 5) is 0. The summed E-state index contributed by atoms with van der Waals surface area (Å²) in [6, 6.07) is 3.53. The summed E-state index contributed by atoms with van der Waals surface area (Å²) >= 11 is 0. The van der Waals surface area contributed by atoms with Crippen molar-refractivity contribution >= 4 is 12.2 Å². The second-order valence-electron chi connectivity index (χ2n) is 3.89. The fourth-order valence-corrected chi connectivity index (χ4v) is 1.66. The number of rotatable bonds is 6. The van der Waals surface area contributed by atoms with Crippen molar-refractivity contribution in [1.82, 2.24) is 14.9 Å². The van der Waals surface area contributed by atoms with Gasteiger partial charge in [0.25, 0.3) is 5.95 Å². The molecule has 3 N–H and O–H groups in total. The van der Waals surface area contributed by atoms with Crippen LogP contribution in [0.5, 0.6) is 17.2 Å². The molecule has 0 spiro atoms. The lowest BCUT2D eigenvalue weighted by Gasteiger charge is -2.12. The van der Waals surface area contributed by atoms with Crippen LogP contribution in [0, 0.1) is 0 Å². The van der Waals surface area contributed by atoms with Gasteiger partial charge in [-0.3, -0.25) is 0 Å². The molecule has 0 unspecified atom stereocenters. The molecule has 2 rings (SSSR count). The summed E-state index contributed by atoms with van der Waals surface area (Å²) in [5.41, 5.74) is 3.42. The van der Waals surface area contributed by atoms with Gasteiger partial charge in [-0.25, -0.2) is 10.1 Å². The lowest BCUT2D eigenvalue weighted by atomic mass is 10.2. The molecule has 0 aliphatic carbocycles. The Labute approximate surface area is 121 Å². The van der Waals surface area contributed by atoms with E-state index in [4.69, 9.17) is 20.1 Å². The van der Waals surface area contributed by atoms with Gasteiger partial charge in [-0.05, 0) is 12.1 Å². The molecular formula is C12H16N6O3. The Bertz CT molecular complexity index is 615. The first-order chi connectivity index (χ1) is 10.2. The van der Waals surface area contributed by atoms with Gasteiger partial charge < -0.3 is 20.1 Å². The maximum Gasteiger partial charge on any atom is 0.263 e. The number of hydrogen-bond acceptors (Lipinski definition) is 8. The van der Waals surface area contributed by atoms with Gasteiger partial charge in [0.05, 0.1) is 27.5 Å². The number of aromatic nitrogens is 3. The third kappa shape index (κ3) is 3.14. The van der Waals surface area contributed by atoms with Crippen molar-refractivity contribution in [1.29, 1.82) is 0 Å². The average Bonchev–Trinajstić information content (AvgIpc) is 2.91. The second kappa shape index (κ2) is 6.46. The fraction of sp³-hybridized carbons (Fsp3) is 0.250. The molecule has 21 heavy (non-hydrogen) atoms. The van der Waals surface area contributed by atoms with Gasteiger partial charge in [0, 0.05) is 5.56 Å². The molecule has 0 aliphatic heterocycles. The van der Waals surface area contributed by atoms with E-state index in [1.54, 1.807) is 39.7 Å². The van der Waals surface area contributed by atoms with Crippen LogP contribution in [0.1, 0.15) is 5.56 Å². The van der Waals surface area contributed by atoms with E-state index < -0.39 is 0 Å². The van der Waals surface area contributed by atoms with Gasteiger partial charge in [0.15, 0.2) is 11.5 Å². The number of anilines is 1. The maximum atomic E-state index is 5.55. The molecule has 1 aromatic carbocycles. The van der Waals surface area contributed by atoms with Gasteiger partial charge in [0.2, 0.25) is 5.75 Å². The first-order valence-electron chi connectivity index (χ1n) is 5.93. The predicted molar refractivity (Wildman–Crippen MR) is 77.5 cm³/mol. The van der Waals surface area contributed by atoms with Gasteiger partial charge >= 0.3 is 0 Å². The predicted octanol–water partition coefficient (Wildman–Crippen LogP) is 0.464. The maximum absolute atomic E-state index is 5.55. The van der Waals surface area contributed by atoms with Crippen LogP contribution >= 0.6 is 0 Å². The zero-order valence-electron chi connectivity index (χ0n) is 11.9. The molecule has 112 valence electrons. The van der Waals surface area contributed by atoms with E-state index in [0.717, 1.165) is 5.56 Å². The zero-order valence-corrected chi connectivity index (χ0v) is 11.9. The molecule has 0 fully saturated rings. The molecule has 0 radical (unpaired) electrons. The monoisotopic (exact) mass is 292 g/mol. The Balaban J connectivity index is 2.22. The minimum atomic E-state index is 0.318. The number of benzene rings is 1. The van der Waals surface area contributed by atoms with Gasteiger partial charge in [-0.15, -0.1) is 10.2 Å². The highest BCUT2D eigenvalue weighted by Crippen LogP contribution is 2.37.